The molecule has 1 saturated heterocycles. The molecule has 1 heterocycles. The van der Waals surface area contributed by atoms with Crippen molar-refractivity contribution in [3.05, 3.63) is 71.2 Å². The zero-order chi connectivity index (χ0) is 28.5. The van der Waals surface area contributed by atoms with Crippen molar-refractivity contribution in [2.75, 3.05) is 26.7 Å². The van der Waals surface area contributed by atoms with Crippen LogP contribution in [0.3, 0.4) is 0 Å². The SMILES string of the molecule is C=C(C(=NCC1=CC=CCC=C1O)N1CCC(NC(=O)C(C)(O)C(F)(F)F)CC1)/C(=C\C(C)=C/CC)NC. The first-order valence-electron chi connectivity index (χ1n) is 12.7. The molecule has 1 fully saturated rings. The van der Waals surface area contributed by atoms with Gasteiger partial charge in [-0.15, -0.1) is 0 Å². The molecule has 4 N–H and O–H groups in total. The number of carbonyl (C=O) groups excluding carboxylic acids is 1. The van der Waals surface area contributed by atoms with Gasteiger partial charge in [-0.1, -0.05) is 43.4 Å². The molecule has 1 aliphatic carbocycles. The number of allylic oxidation sites excluding steroid dienone is 7. The lowest BCUT2D eigenvalue weighted by atomic mass is 10.00. The molecular formula is C28H39F3N4O3. The molecule has 0 bridgehead atoms. The Labute approximate surface area is 222 Å². The standard InChI is InChI=1S/C28H39F3N4O3/c1-6-10-19(2)17-23(32-5)20(3)25(33-18-21-11-8-7-9-12-24(21)36)35-15-13-22(14-16-35)34-26(37)27(4,38)28(29,30)31/h7-8,10-12,17,22,32,36,38H,3,6,9,13-16,18H2,1-2,4-5H3,(H,34,37)/b19-10-,23-17+,33-25?. The van der Waals surface area contributed by atoms with E-state index in [-0.39, 0.29) is 12.3 Å². The summed E-state index contributed by atoms with van der Waals surface area (Å²) in [6, 6.07) is -0.530. The Morgan fingerprint density at radius 2 is 1.97 bits per heavy atom. The molecule has 10 heteroatoms. The number of carbonyl (C=O) groups is 1. The van der Waals surface area contributed by atoms with E-state index >= 15 is 0 Å². The molecule has 0 aromatic carbocycles. The Kier molecular flexibility index (Phi) is 11.0. The lowest BCUT2D eigenvalue weighted by Gasteiger charge is -2.36. The number of aliphatic imine (C=N–C) groups is 1. The number of hydrogen-bond acceptors (Lipinski definition) is 5. The summed E-state index contributed by atoms with van der Waals surface area (Å²) in [7, 11) is 1.79. The molecule has 0 aromatic heterocycles. The monoisotopic (exact) mass is 536 g/mol. The zero-order valence-electron chi connectivity index (χ0n) is 22.5. The number of aliphatic hydroxyl groups excluding tert-OH is 1. The quantitative estimate of drug-likeness (QED) is 0.196. The number of halogens is 3. The van der Waals surface area contributed by atoms with Crippen LogP contribution in [0.2, 0.25) is 0 Å². The van der Waals surface area contributed by atoms with Gasteiger partial charge in [0.05, 0.1) is 6.54 Å². The fourth-order valence-electron chi connectivity index (χ4n) is 4.07. The van der Waals surface area contributed by atoms with Crippen molar-refractivity contribution < 1.29 is 28.2 Å². The first-order chi connectivity index (χ1) is 17.8. The number of alkyl halides is 3. The van der Waals surface area contributed by atoms with E-state index in [9.17, 15) is 28.2 Å². The first-order valence-corrected chi connectivity index (χ1v) is 12.7. The third kappa shape index (κ3) is 8.11. The van der Waals surface area contributed by atoms with Crippen molar-refractivity contribution >= 4 is 11.7 Å². The highest BCUT2D eigenvalue weighted by Gasteiger charge is 2.56. The van der Waals surface area contributed by atoms with Gasteiger partial charge in [0.2, 0.25) is 5.60 Å². The number of likely N-dealkylation sites (N-methyl/N-ethyl adjacent to an activating group) is 1. The molecule has 1 atom stereocenters. The second-order valence-corrected chi connectivity index (χ2v) is 9.53. The number of nitrogens with zero attached hydrogens (tertiary/aromatic N) is 2. The number of hydrogen-bond donors (Lipinski definition) is 4. The van der Waals surface area contributed by atoms with Crippen molar-refractivity contribution in [3.63, 3.8) is 0 Å². The van der Waals surface area contributed by atoms with Crippen LogP contribution < -0.4 is 10.6 Å². The van der Waals surface area contributed by atoms with E-state index in [2.05, 4.69) is 23.3 Å². The van der Waals surface area contributed by atoms with Gasteiger partial charge in [0, 0.05) is 43.0 Å². The van der Waals surface area contributed by atoms with Crippen LogP contribution in [-0.2, 0) is 4.79 Å². The van der Waals surface area contributed by atoms with Gasteiger partial charge in [-0.25, -0.2) is 0 Å². The van der Waals surface area contributed by atoms with Gasteiger partial charge < -0.3 is 25.7 Å². The Bertz CT molecular complexity index is 1060. The van der Waals surface area contributed by atoms with Gasteiger partial charge in [-0.3, -0.25) is 9.79 Å². The fraction of sp³-hybridized carbons (Fsp3) is 0.500. The molecule has 0 spiro atoms. The van der Waals surface area contributed by atoms with E-state index in [4.69, 9.17) is 4.99 Å². The average molecular weight is 537 g/mol. The minimum Gasteiger partial charge on any atom is -0.508 e. The van der Waals surface area contributed by atoms with Crippen LogP contribution >= 0.6 is 0 Å². The number of likely N-dealkylation sites (tertiary alicyclic amines) is 1. The minimum atomic E-state index is -5.07. The van der Waals surface area contributed by atoms with Gasteiger partial charge in [0.15, 0.2) is 0 Å². The highest BCUT2D eigenvalue weighted by Crippen LogP contribution is 2.30. The maximum Gasteiger partial charge on any atom is 0.426 e. The lowest BCUT2D eigenvalue weighted by Crippen LogP contribution is -2.58. The summed E-state index contributed by atoms with van der Waals surface area (Å²) in [5, 5.41) is 25.5. The second kappa shape index (κ2) is 13.5. The van der Waals surface area contributed by atoms with E-state index in [1.54, 1.807) is 19.2 Å². The Morgan fingerprint density at radius 3 is 2.55 bits per heavy atom. The van der Waals surface area contributed by atoms with Crippen LogP contribution in [0.25, 0.3) is 0 Å². The van der Waals surface area contributed by atoms with Crippen molar-refractivity contribution in [2.24, 2.45) is 4.99 Å². The van der Waals surface area contributed by atoms with Crippen molar-refractivity contribution in [2.45, 2.75) is 64.3 Å². The van der Waals surface area contributed by atoms with Crippen molar-refractivity contribution in [1.82, 2.24) is 15.5 Å². The molecule has 210 valence electrons. The van der Waals surface area contributed by atoms with E-state index in [1.165, 1.54) is 0 Å². The second-order valence-electron chi connectivity index (χ2n) is 9.53. The van der Waals surface area contributed by atoms with Crippen LogP contribution in [0.15, 0.2) is 76.2 Å². The number of nitrogens with one attached hydrogen (secondary N) is 2. The molecule has 7 nitrogen and oxygen atoms in total. The van der Waals surface area contributed by atoms with E-state index in [0.29, 0.717) is 56.3 Å². The summed E-state index contributed by atoms with van der Waals surface area (Å²) < 4.78 is 39.1. The van der Waals surface area contributed by atoms with Crippen LogP contribution in [0, 0.1) is 0 Å². The van der Waals surface area contributed by atoms with E-state index in [0.717, 1.165) is 17.7 Å². The summed E-state index contributed by atoms with van der Waals surface area (Å²) in [6.45, 7) is 9.76. The Morgan fingerprint density at radius 1 is 1.32 bits per heavy atom. The first kappa shape index (κ1) is 31.0. The van der Waals surface area contributed by atoms with Crippen LogP contribution in [0.5, 0.6) is 0 Å². The van der Waals surface area contributed by atoms with Gasteiger partial charge in [-0.2, -0.15) is 13.2 Å². The Balaban J connectivity index is 2.27. The predicted molar refractivity (Wildman–Crippen MR) is 145 cm³/mol. The zero-order valence-corrected chi connectivity index (χ0v) is 22.5. The number of aliphatic hydroxyl groups is 2. The fourth-order valence-corrected chi connectivity index (χ4v) is 4.07. The number of rotatable bonds is 9. The average Bonchev–Trinajstić information content (AvgIpc) is 3.06. The maximum absolute atomic E-state index is 13.0. The molecular weight excluding hydrogens is 497 g/mol. The predicted octanol–water partition coefficient (Wildman–Crippen LogP) is 4.62. The summed E-state index contributed by atoms with van der Waals surface area (Å²) in [5.41, 5.74) is -0.368. The molecule has 1 amide bonds. The normalized spacial score (nSPS) is 19.8. The topological polar surface area (TPSA) is 97.2 Å². The van der Waals surface area contributed by atoms with Crippen LogP contribution in [0.1, 0.15) is 46.5 Å². The molecule has 38 heavy (non-hydrogen) atoms. The summed E-state index contributed by atoms with van der Waals surface area (Å²) in [4.78, 5) is 18.9. The maximum atomic E-state index is 13.0. The molecule has 1 unspecified atom stereocenters. The molecule has 0 saturated carbocycles. The highest BCUT2D eigenvalue weighted by atomic mass is 19.4. The number of amides is 1. The van der Waals surface area contributed by atoms with Gasteiger partial charge >= 0.3 is 6.18 Å². The van der Waals surface area contributed by atoms with Crippen LogP contribution in [0.4, 0.5) is 13.2 Å². The summed E-state index contributed by atoms with van der Waals surface area (Å²) in [6.07, 6.45) is 8.49. The number of amidine groups is 1. The summed E-state index contributed by atoms with van der Waals surface area (Å²) in [5.74, 6) is -0.715. The van der Waals surface area contributed by atoms with Gasteiger partial charge in [-0.05, 0) is 51.7 Å². The lowest BCUT2D eigenvalue weighted by molar-refractivity contribution is -0.245. The third-order valence-electron chi connectivity index (χ3n) is 6.50. The van der Waals surface area contributed by atoms with Crippen molar-refractivity contribution in [3.8, 4) is 0 Å². The van der Waals surface area contributed by atoms with Crippen LogP contribution in [-0.4, -0.2) is 71.4 Å². The number of piperidine rings is 1. The Hall–Kier alpha value is -3.27. The van der Waals surface area contributed by atoms with E-state index in [1.807, 2.05) is 37.0 Å². The molecule has 0 aromatic rings. The molecule has 1 aliphatic heterocycles. The smallest absolute Gasteiger partial charge is 0.426 e. The minimum absolute atomic E-state index is 0.160. The molecule has 2 rings (SSSR count). The summed E-state index contributed by atoms with van der Waals surface area (Å²) >= 11 is 0. The highest BCUT2D eigenvalue weighted by molar-refractivity contribution is 6.01. The third-order valence-corrected chi connectivity index (χ3v) is 6.50. The van der Waals surface area contributed by atoms with Gasteiger partial charge in [0.25, 0.3) is 5.91 Å². The van der Waals surface area contributed by atoms with Crippen molar-refractivity contribution in [1.29, 1.82) is 0 Å². The molecule has 2 aliphatic rings. The molecule has 0 radical (unpaired) electrons. The van der Waals surface area contributed by atoms with Gasteiger partial charge in [0.1, 0.15) is 11.6 Å². The largest absolute Gasteiger partial charge is 0.508 e. The van der Waals surface area contributed by atoms with E-state index < -0.39 is 23.7 Å².